The fourth-order valence-corrected chi connectivity index (χ4v) is 3.43. The maximum atomic E-state index is 13.7. The van der Waals surface area contributed by atoms with Crippen LogP contribution in [0.15, 0.2) is 48.5 Å². The molecule has 0 unspecified atom stereocenters. The Morgan fingerprint density at radius 2 is 1.91 bits per heavy atom. The zero-order chi connectivity index (χ0) is 15.6. The second kappa shape index (κ2) is 6.13. The molecule has 118 valence electrons. The monoisotopic (exact) mass is 309 g/mol. The molecule has 1 aromatic heterocycles. The molecule has 0 atom stereocenters. The summed E-state index contributed by atoms with van der Waals surface area (Å²) >= 11 is 0. The van der Waals surface area contributed by atoms with Crippen LogP contribution in [0.4, 0.5) is 4.39 Å². The Balaban J connectivity index is 1.80. The van der Waals surface area contributed by atoms with Gasteiger partial charge >= 0.3 is 0 Å². The maximum absolute atomic E-state index is 13.7. The third-order valence-electron chi connectivity index (χ3n) is 4.64. The van der Waals surface area contributed by atoms with Crippen LogP contribution in [-0.4, -0.2) is 22.6 Å². The predicted molar refractivity (Wildman–Crippen MR) is 90.7 cm³/mol. The fraction of sp³-hybridized carbons (Fsp3) is 0.316. The van der Waals surface area contributed by atoms with Gasteiger partial charge in [0.2, 0.25) is 0 Å². The van der Waals surface area contributed by atoms with Crippen molar-refractivity contribution in [3.8, 4) is 11.4 Å². The second-order valence-electron chi connectivity index (χ2n) is 6.24. The number of rotatable bonds is 3. The zero-order valence-corrected chi connectivity index (χ0v) is 13.0. The summed E-state index contributed by atoms with van der Waals surface area (Å²) in [5.74, 6) is 1.29. The highest BCUT2D eigenvalue weighted by Crippen LogP contribution is 2.27. The molecule has 0 radical (unpaired) electrons. The number of benzene rings is 2. The molecule has 3 aromatic rings. The van der Waals surface area contributed by atoms with Gasteiger partial charge in [0.25, 0.3) is 0 Å². The van der Waals surface area contributed by atoms with Crippen molar-refractivity contribution in [1.82, 2.24) is 14.9 Å². The van der Waals surface area contributed by atoms with E-state index >= 15 is 0 Å². The lowest BCUT2D eigenvalue weighted by Crippen LogP contribution is -2.30. The molecule has 0 amide bonds. The summed E-state index contributed by atoms with van der Waals surface area (Å²) in [5, 5.41) is 3.41. The summed E-state index contributed by atoms with van der Waals surface area (Å²) in [7, 11) is 0. The van der Waals surface area contributed by atoms with Crippen molar-refractivity contribution in [2.24, 2.45) is 5.92 Å². The Kier molecular flexibility index (Phi) is 3.83. The van der Waals surface area contributed by atoms with Gasteiger partial charge in [-0.1, -0.05) is 24.3 Å². The average molecular weight is 309 g/mol. The topological polar surface area (TPSA) is 29.9 Å². The lowest BCUT2D eigenvalue weighted by molar-refractivity contribution is 0.337. The van der Waals surface area contributed by atoms with Crippen LogP contribution in [0.1, 0.15) is 12.8 Å². The summed E-state index contributed by atoms with van der Waals surface area (Å²) < 4.78 is 15.9. The smallest absolute Gasteiger partial charge is 0.141 e. The largest absolute Gasteiger partial charge is 0.324 e. The van der Waals surface area contributed by atoms with Crippen molar-refractivity contribution in [2.45, 2.75) is 19.4 Å². The minimum absolute atomic E-state index is 0.219. The Morgan fingerprint density at radius 1 is 1.09 bits per heavy atom. The van der Waals surface area contributed by atoms with E-state index in [9.17, 15) is 4.39 Å². The number of nitrogens with zero attached hydrogens (tertiary/aromatic N) is 2. The van der Waals surface area contributed by atoms with Crippen molar-refractivity contribution < 1.29 is 4.39 Å². The lowest BCUT2D eigenvalue weighted by Gasteiger charge is -2.24. The van der Waals surface area contributed by atoms with E-state index in [1.165, 1.54) is 18.9 Å². The van der Waals surface area contributed by atoms with Crippen molar-refractivity contribution in [1.29, 1.82) is 0 Å². The zero-order valence-electron chi connectivity index (χ0n) is 13.0. The van der Waals surface area contributed by atoms with Gasteiger partial charge in [0.15, 0.2) is 0 Å². The summed E-state index contributed by atoms with van der Waals surface area (Å²) in [6.07, 6.45) is 2.35. The van der Waals surface area contributed by atoms with Crippen LogP contribution in [-0.2, 0) is 6.54 Å². The quantitative estimate of drug-likeness (QED) is 0.796. The molecule has 1 aliphatic heterocycles. The number of halogens is 1. The first-order chi connectivity index (χ1) is 11.3. The van der Waals surface area contributed by atoms with Gasteiger partial charge in [-0.3, -0.25) is 0 Å². The number of piperidine rings is 1. The third kappa shape index (κ3) is 2.86. The van der Waals surface area contributed by atoms with Crippen molar-refractivity contribution in [3.05, 3.63) is 54.3 Å². The first-order valence-corrected chi connectivity index (χ1v) is 8.23. The summed E-state index contributed by atoms with van der Waals surface area (Å²) in [6, 6.07) is 14.9. The van der Waals surface area contributed by atoms with Gasteiger partial charge < -0.3 is 9.88 Å². The van der Waals surface area contributed by atoms with E-state index < -0.39 is 0 Å². The van der Waals surface area contributed by atoms with E-state index in [4.69, 9.17) is 4.98 Å². The first kappa shape index (κ1) is 14.4. The number of para-hydroxylation sites is 2. The Bertz CT molecular complexity index is 818. The molecule has 1 aliphatic rings. The summed E-state index contributed by atoms with van der Waals surface area (Å²) in [5.41, 5.74) is 2.95. The number of nitrogens with one attached hydrogen (secondary N) is 1. The van der Waals surface area contributed by atoms with Gasteiger partial charge in [0, 0.05) is 12.1 Å². The van der Waals surface area contributed by atoms with E-state index in [0.29, 0.717) is 5.92 Å². The van der Waals surface area contributed by atoms with Gasteiger partial charge in [-0.25, -0.2) is 9.37 Å². The highest BCUT2D eigenvalue weighted by atomic mass is 19.1. The van der Waals surface area contributed by atoms with Gasteiger partial charge in [-0.05, 0) is 56.1 Å². The van der Waals surface area contributed by atoms with Crippen LogP contribution in [0.5, 0.6) is 0 Å². The normalized spacial score (nSPS) is 16.0. The van der Waals surface area contributed by atoms with Crippen molar-refractivity contribution >= 4 is 11.0 Å². The number of fused-ring (bicyclic) bond motifs is 1. The number of hydrogen-bond acceptors (Lipinski definition) is 2. The SMILES string of the molecule is Fc1cccc(-c2nc3ccccc3n2CC2CCNCC2)c1. The number of imidazole rings is 1. The minimum atomic E-state index is -0.219. The van der Waals surface area contributed by atoms with Crippen LogP contribution in [0.3, 0.4) is 0 Å². The minimum Gasteiger partial charge on any atom is -0.324 e. The van der Waals surface area contributed by atoms with Gasteiger partial charge in [0.1, 0.15) is 11.6 Å². The van der Waals surface area contributed by atoms with Crippen LogP contribution in [0.25, 0.3) is 22.4 Å². The van der Waals surface area contributed by atoms with E-state index in [-0.39, 0.29) is 5.82 Å². The standard InChI is InChI=1S/C19H20FN3/c20-16-5-3-4-15(12-16)19-22-17-6-1-2-7-18(17)23(19)13-14-8-10-21-11-9-14/h1-7,12,14,21H,8-11,13H2. The summed E-state index contributed by atoms with van der Waals surface area (Å²) in [4.78, 5) is 4.77. The highest BCUT2D eigenvalue weighted by Gasteiger charge is 2.18. The molecule has 23 heavy (non-hydrogen) atoms. The lowest BCUT2D eigenvalue weighted by atomic mass is 9.98. The van der Waals surface area contributed by atoms with Crippen molar-refractivity contribution in [2.75, 3.05) is 13.1 Å². The van der Waals surface area contributed by atoms with Crippen LogP contribution >= 0.6 is 0 Å². The molecule has 4 heteroatoms. The molecule has 2 aromatic carbocycles. The van der Waals surface area contributed by atoms with E-state index in [2.05, 4.69) is 16.0 Å². The Morgan fingerprint density at radius 3 is 2.74 bits per heavy atom. The predicted octanol–water partition coefficient (Wildman–Crippen LogP) is 3.84. The molecule has 2 heterocycles. The molecule has 3 nitrogen and oxygen atoms in total. The highest BCUT2D eigenvalue weighted by molar-refractivity contribution is 5.80. The van der Waals surface area contributed by atoms with E-state index in [0.717, 1.165) is 42.1 Å². The Labute approximate surface area is 135 Å². The molecular weight excluding hydrogens is 289 g/mol. The van der Waals surface area contributed by atoms with E-state index in [1.807, 2.05) is 24.3 Å². The van der Waals surface area contributed by atoms with Crippen LogP contribution < -0.4 is 5.32 Å². The number of hydrogen-bond donors (Lipinski definition) is 1. The van der Waals surface area contributed by atoms with Crippen LogP contribution in [0, 0.1) is 11.7 Å². The Hall–Kier alpha value is -2.20. The molecule has 1 fully saturated rings. The first-order valence-electron chi connectivity index (χ1n) is 8.23. The van der Waals surface area contributed by atoms with Crippen LogP contribution in [0.2, 0.25) is 0 Å². The van der Waals surface area contributed by atoms with Gasteiger partial charge in [0.05, 0.1) is 11.0 Å². The van der Waals surface area contributed by atoms with E-state index in [1.54, 1.807) is 12.1 Å². The maximum Gasteiger partial charge on any atom is 0.141 e. The average Bonchev–Trinajstić information content (AvgIpc) is 2.95. The molecule has 0 spiro atoms. The molecule has 1 N–H and O–H groups in total. The van der Waals surface area contributed by atoms with Gasteiger partial charge in [-0.2, -0.15) is 0 Å². The molecule has 0 bridgehead atoms. The molecule has 1 saturated heterocycles. The third-order valence-corrected chi connectivity index (χ3v) is 4.64. The molecule has 0 aliphatic carbocycles. The number of aromatic nitrogens is 2. The molecular formula is C19H20FN3. The fourth-order valence-electron chi connectivity index (χ4n) is 3.43. The summed E-state index contributed by atoms with van der Waals surface area (Å²) in [6.45, 7) is 3.09. The molecule has 0 saturated carbocycles. The van der Waals surface area contributed by atoms with Gasteiger partial charge in [-0.15, -0.1) is 0 Å². The molecule has 4 rings (SSSR count). The van der Waals surface area contributed by atoms with Crippen molar-refractivity contribution in [3.63, 3.8) is 0 Å². The second-order valence-corrected chi connectivity index (χ2v) is 6.24.